The minimum absolute atomic E-state index is 0. The van der Waals surface area contributed by atoms with Crippen molar-refractivity contribution in [3.63, 3.8) is 0 Å². The molecule has 2 rings (SSSR count). The van der Waals surface area contributed by atoms with Crippen LogP contribution in [0.4, 0.5) is 0 Å². The molecule has 5 heteroatoms. The summed E-state index contributed by atoms with van der Waals surface area (Å²) in [5.74, 6) is 0.760. The second-order valence-electron chi connectivity index (χ2n) is 6.20. The molecule has 1 N–H and O–H groups in total. The Morgan fingerprint density at radius 3 is 2.55 bits per heavy atom. The van der Waals surface area contributed by atoms with Gasteiger partial charge in [0.2, 0.25) is 0 Å². The van der Waals surface area contributed by atoms with E-state index >= 15 is 0 Å². The Balaban J connectivity index is 0.00000242. The molecule has 0 bridgehead atoms. The minimum atomic E-state index is -0.469. The average molecular weight is 348 g/mol. The predicted molar refractivity (Wildman–Crippen MR) is 94.4 cm³/mol. The number of aliphatic hydroxyl groups excluding tert-OH is 1. The molecule has 1 fully saturated rings. The van der Waals surface area contributed by atoms with Gasteiger partial charge in [-0.05, 0) is 57.4 Å². The van der Waals surface area contributed by atoms with E-state index in [4.69, 9.17) is 16.3 Å². The number of nitrogens with zero attached hydrogens (tertiary/aromatic N) is 1. The molecule has 1 aromatic rings. The number of likely N-dealkylation sites (tertiary alicyclic amines) is 1. The molecule has 126 valence electrons. The van der Waals surface area contributed by atoms with E-state index < -0.39 is 6.10 Å². The van der Waals surface area contributed by atoms with E-state index in [0.717, 1.165) is 16.3 Å². The van der Waals surface area contributed by atoms with Crippen molar-refractivity contribution < 1.29 is 9.84 Å². The van der Waals surface area contributed by atoms with Crippen molar-refractivity contribution in [2.45, 2.75) is 58.2 Å². The van der Waals surface area contributed by atoms with Gasteiger partial charge in [0, 0.05) is 23.7 Å². The van der Waals surface area contributed by atoms with Gasteiger partial charge in [-0.25, -0.2) is 0 Å². The fraction of sp³-hybridized carbons (Fsp3) is 0.647. The zero-order valence-electron chi connectivity index (χ0n) is 13.6. The molecule has 3 atom stereocenters. The number of ether oxygens (including phenoxy) is 1. The van der Waals surface area contributed by atoms with E-state index in [9.17, 15) is 5.11 Å². The number of hydrogen-bond acceptors (Lipinski definition) is 3. The van der Waals surface area contributed by atoms with Crippen molar-refractivity contribution in [3.05, 3.63) is 28.8 Å². The summed E-state index contributed by atoms with van der Waals surface area (Å²) in [5.41, 5.74) is 0.988. The van der Waals surface area contributed by atoms with Crippen LogP contribution in [0.1, 0.15) is 38.7 Å². The summed E-state index contributed by atoms with van der Waals surface area (Å²) < 4.78 is 5.68. The molecule has 0 spiro atoms. The molecule has 0 aromatic heterocycles. The first-order valence-corrected chi connectivity index (χ1v) is 8.18. The van der Waals surface area contributed by atoms with E-state index in [2.05, 4.69) is 18.7 Å². The molecule has 0 radical (unpaired) electrons. The lowest BCUT2D eigenvalue weighted by molar-refractivity contribution is 0.0209. The number of hydrogen-bond donors (Lipinski definition) is 1. The second kappa shape index (κ2) is 8.97. The maximum atomic E-state index is 10.2. The van der Waals surface area contributed by atoms with Crippen LogP contribution in [0.3, 0.4) is 0 Å². The summed E-state index contributed by atoms with van der Waals surface area (Å²) in [6.45, 7) is 7.42. The summed E-state index contributed by atoms with van der Waals surface area (Å²) in [4.78, 5) is 2.39. The molecule has 22 heavy (non-hydrogen) atoms. The van der Waals surface area contributed by atoms with Gasteiger partial charge < -0.3 is 9.84 Å². The third-order valence-corrected chi connectivity index (χ3v) is 4.79. The van der Waals surface area contributed by atoms with E-state index in [-0.39, 0.29) is 12.4 Å². The molecule has 0 amide bonds. The van der Waals surface area contributed by atoms with E-state index in [1.807, 2.05) is 25.1 Å². The Morgan fingerprint density at radius 2 is 1.95 bits per heavy atom. The highest BCUT2D eigenvalue weighted by Gasteiger charge is 2.26. The average Bonchev–Trinajstić information content (AvgIpc) is 2.44. The number of benzene rings is 1. The standard InChI is InChI=1S/C17H26ClNO2.ClH/c1-12-9-16(7-8-17(12)18)21-11-15(20)10-19-13(2)5-4-6-14(19)3;/h7-9,13-15,20H,4-6,10-11H2,1-3H3;1H. The van der Waals surface area contributed by atoms with Gasteiger partial charge in [0.05, 0.1) is 0 Å². The zero-order chi connectivity index (χ0) is 15.4. The van der Waals surface area contributed by atoms with E-state index in [1.54, 1.807) is 0 Å². The number of β-amino-alcohol motifs (C(OH)–C–C–N with tert-alkyl or cyclic N) is 1. The number of piperidine rings is 1. The zero-order valence-corrected chi connectivity index (χ0v) is 15.2. The van der Waals surface area contributed by atoms with Gasteiger partial charge in [-0.2, -0.15) is 0 Å². The largest absolute Gasteiger partial charge is 0.491 e. The Bertz CT molecular complexity index is 460. The molecule has 3 nitrogen and oxygen atoms in total. The quantitative estimate of drug-likeness (QED) is 0.871. The lowest BCUT2D eigenvalue weighted by Gasteiger charge is -2.40. The van der Waals surface area contributed by atoms with Gasteiger partial charge in [-0.15, -0.1) is 12.4 Å². The van der Waals surface area contributed by atoms with Gasteiger partial charge >= 0.3 is 0 Å². The van der Waals surface area contributed by atoms with Crippen LogP contribution < -0.4 is 4.74 Å². The molecular weight excluding hydrogens is 321 g/mol. The highest BCUT2D eigenvalue weighted by molar-refractivity contribution is 6.31. The number of aryl methyl sites for hydroxylation is 1. The Morgan fingerprint density at radius 1 is 1.32 bits per heavy atom. The van der Waals surface area contributed by atoms with Crippen molar-refractivity contribution >= 4 is 24.0 Å². The molecule has 1 aromatic carbocycles. The highest BCUT2D eigenvalue weighted by Crippen LogP contribution is 2.23. The third-order valence-electron chi connectivity index (χ3n) is 4.37. The summed E-state index contributed by atoms with van der Waals surface area (Å²) in [7, 11) is 0. The lowest BCUT2D eigenvalue weighted by atomic mass is 9.97. The predicted octanol–water partition coefficient (Wildman–Crippen LogP) is 4.07. The number of halogens is 2. The van der Waals surface area contributed by atoms with Crippen LogP contribution in [0.2, 0.25) is 5.02 Å². The van der Waals surface area contributed by atoms with Crippen LogP contribution in [0, 0.1) is 6.92 Å². The van der Waals surface area contributed by atoms with Crippen LogP contribution in [-0.2, 0) is 0 Å². The summed E-state index contributed by atoms with van der Waals surface area (Å²) in [6, 6.07) is 6.66. The van der Waals surface area contributed by atoms with Crippen LogP contribution >= 0.6 is 24.0 Å². The van der Waals surface area contributed by atoms with Crippen LogP contribution in [0.25, 0.3) is 0 Å². The molecule has 1 saturated heterocycles. The van der Waals surface area contributed by atoms with Crippen molar-refractivity contribution in [2.75, 3.05) is 13.2 Å². The van der Waals surface area contributed by atoms with Crippen molar-refractivity contribution in [1.82, 2.24) is 4.90 Å². The van der Waals surface area contributed by atoms with Crippen LogP contribution in [-0.4, -0.2) is 41.3 Å². The van der Waals surface area contributed by atoms with Gasteiger partial charge in [-0.3, -0.25) is 4.90 Å². The fourth-order valence-electron chi connectivity index (χ4n) is 3.03. The Labute approximate surface area is 145 Å². The van der Waals surface area contributed by atoms with Crippen LogP contribution in [0.5, 0.6) is 5.75 Å². The van der Waals surface area contributed by atoms with Gasteiger partial charge in [-0.1, -0.05) is 18.0 Å². The monoisotopic (exact) mass is 347 g/mol. The van der Waals surface area contributed by atoms with Gasteiger partial charge in [0.25, 0.3) is 0 Å². The lowest BCUT2D eigenvalue weighted by Crippen LogP contribution is -2.48. The van der Waals surface area contributed by atoms with E-state index in [0.29, 0.717) is 25.2 Å². The summed E-state index contributed by atoms with van der Waals surface area (Å²) >= 11 is 5.99. The normalized spacial score (nSPS) is 23.7. The number of rotatable bonds is 5. The van der Waals surface area contributed by atoms with Crippen molar-refractivity contribution in [2.24, 2.45) is 0 Å². The maximum absolute atomic E-state index is 10.2. The van der Waals surface area contributed by atoms with Crippen molar-refractivity contribution in [1.29, 1.82) is 0 Å². The minimum Gasteiger partial charge on any atom is -0.491 e. The number of aliphatic hydroxyl groups is 1. The highest BCUT2D eigenvalue weighted by atomic mass is 35.5. The Hall–Kier alpha value is -0.480. The summed E-state index contributed by atoms with van der Waals surface area (Å²) in [5, 5.41) is 11.0. The third kappa shape index (κ3) is 5.31. The molecule has 1 heterocycles. The maximum Gasteiger partial charge on any atom is 0.119 e. The summed E-state index contributed by atoms with van der Waals surface area (Å²) in [6.07, 6.45) is 3.25. The topological polar surface area (TPSA) is 32.7 Å². The van der Waals surface area contributed by atoms with Crippen LogP contribution in [0.15, 0.2) is 18.2 Å². The Kier molecular flexibility index (Phi) is 7.98. The van der Waals surface area contributed by atoms with Gasteiger partial charge in [0.1, 0.15) is 18.5 Å². The first-order chi connectivity index (χ1) is 9.97. The smallest absolute Gasteiger partial charge is 0.119 e. The van der Waals surface area contributed by atoms with Crippen molar-refractivity contribution in [3.8, 4) is 5.75 Å². The molecule has 1 aliphatic rings. The molecule has 0 saturated carbocycles. The molecule has 3 unspecified atom stereocenters. The molecule has 1 aliphatic heterocycles. The second-order valence-corrected chi connectivity index (χ2v) is 6.61. The SMILES string of the molecule is Cc1cc(OCC(O)CN2C(C)CCCC2C)ccc1Cl.Cl. The molecule has 0 aliphatic carbocycles. The van der Waals surface area contributed by atoms with E-state index in [1.165, 1.54) is 19.3 Å². The fourth-order valence-corrected chi connectivity index (χ4v) is 3.15. The first-order valence-electron chi connectivity index (χ1n) is 7.80. The van der Waals surface area contributed by atoms with Gasteiger partial charge in [0.15, 0.2) is 0 Å². The first kappa shape index (κ1) is 19.6. The molecular formula is C17H27Cl2NO2.